The van der Waals surface area contributed by atoms with Crippen LogP contribution in [0.25, 0.3) is 0 Å². The van der Waals surface area contributed by atoms with Gasteiger partial charge < -0.3 is 14.4 Å². The number of hydrogen-bond acceptors (Lipinski definition) is 3. The normalized spacial score (nSPS) is 11.5. The van der Waals surface area contributed by atoms with Gasteiger partial charge >= 0.3 is 0 Å². The van der Waals surface area contributed by atoms with Crippen LogP contribution in [-0.4, -0.2) is 51.3 Å². The third kappa shape index (κ3) is 6.47. The van der Waals surface area contributed by atoms with E-state index in [1.807, 2.05) is 20.8 Å². The maximum Gasteiger partial charge on any atom is 0.227 e. The SMILES string of the molecule is COCCOCCN(C)C(=O)C(C)(C)C. The summed E-state index contributed by atoms with van der Waals surface area (Å²) < 4.78 is 10.1. The molecule has 15 heavy (non-hydrogen) atoms. The number of amides is 1. The van der Waals surface area contributed by atoms with E-state index in [0.717, 1.165) is 0 Å². The van der Waals surface area contributed by atoms with Crippen LogP contribution in [0.1, 0.15) is 20.8 Å². The molecular formula is C11H23NO3. The standard InChI is InChI=1S/C11H23NO3/c1-11(2,3)10(13)12(4)6-7-15-9-8-14-5/h6-9H2,1-5H3. The zero-order chi connectivity index (χ0) is 11.9. The zero-order valence-corrected chi connectivity index (χ0v) is 10.5. The van der Waals surface area contributed by atoms with Gasteiger partial charge in [0.15, 0.2) is 0 Å². The molecule has 0 heterocycles. The van der Waals surface area contributed by atoms with Crippen molar-refractivity contribution in [3.63, 3.8) is 0 Å². The van der Waals surface area contributed by atoms with Crippen LogP contribution in [0.5, 0.6) is 0 Å². The number of nitrogens with zero attached hydrogens (tertiary/aromatic N) is 1. The summed E-state index contributed by atoms with van der Waals surface area (Å²) in [6.45, 7) is 8.10. The minimum absolute atomic E-state index is 0.137. The smallest absolute Gasteiger partial charge is 0.227 e. The average molecular weight is 217 g/mol. The van der Waals surface area contributed by atoms with Crippen LogP contribution in [0.3, 0.4) is 0 Å². The minimum atomic E-state index is -0.318. The highest BCUT2D eigenvalue weighted by Gasteiger charge is 2.24. The molecule has 4 heteroatoms. The molecule has 0 atom stereocenters. The van der Waals surface area contributed by atoms with Gasteiger partial charge in [0.1, 0.15) is 0 Å². The quantitative estimate of drug-likeness (QED) is 0.627. The lowest BCUT2D eigenvalue weighted by Gasteiger charge is -2.25. The molecule has 0 N–H and O–H groups in total. The van der Waals surface area contributed by atoms with Crippen LogP contribution in [0.4, 0.5) is 0 Å². The predicted molar refractivity (Wildman–Crippen MR) is 59.8 cm³/mol. The Morgan fingerprint density at radius 3 is 2.27 bits per heavy atom. The molecular weight excluding hydrogens is 194 g/mol. The third-order valence-corrected chi connectivity index (χ3v) is 1.99. The van der Waals surface area contributed by atoms with Gasteiger partial charge in [0.2, 0.25) is 5.91 Å². The van der Waals surface area contributed by atoms with E-state index in [-0.39, 0.29) is 11.3 Å². The topological polar surface area (TPSA) is 38.8 Å². The molecule has 0 aliphatic carbocycles. The van der Waals surface area contributed by atoms with Crippen molar-refractivity contribution < 1.29 is 14.3 Å². The number of hydrogen-bond donors (Lipinski definition) is 0. The van der Waals surface area contributed by atoms with Gasteiger partial charge in [0.25, 0.3) is 0 Å². The van der Waals surface area contributed by atoms with Gasteiger partial charge in [-0.05, 0) is 0 Å². The number of rotatable bonds is 6. The van der Waals surface area contributed by atoms with Crippen LogP contribution >= 0.6 is 0 Å². The fraction of sp³-hybridized carbons (Fsp3) is 0.909. The van der Waals surface area contributed by atoms with Gasteiger partial charge in [0.05, 0.1) is 19.8 Å². The first-order valence-electron chi connectivity index (χ1n) is 5.22. The van der Waals surface area contributed by atoms with Gasteiger partial charge in [-0.15, -0.1) is 0 Å². The highest BCUT2D eigenvalue weighted by atomic mass is 16.5. The Kier molecular flexibility index (Phi) is 6.52. The Morgan fingerprint density at radius 2 is 1.80 bits per heavy atom. The molecule has 0 rings (SSSR count). The van der Waals surface area contributed by atoms with Crippen LogP contribution in [0.15, 0.2) is 0 Å². The molecule has 0 aromatic carbocycles. The van der Waals surface area contributed by atoms with E-state index in [1.165, 1.54) is 0 Å². The second kappa shape index (κ2) is 6.80. The second-order valence-corrected chi connectivity index (χ2v) is 4.58. The molecule has 0 aliphatic heterocycles. The molecule has 90 valence electrons. The summed E-state index contributed by atoms with van der Waals surface area (Å²) in [5.41, 5.74) is -0.318. The number of ether oxygens (including phenoxy) is 2. The van der Waals surface area contributed by atoms with Crippen molar-refractivity contribution in [3.05, 3.63) is 0 Å². The van der Waals surface area contributed by atoms with Crippen LogP contribution in [-0.2, 0) is 14.3 Å². The van der Waals surface area contributed by atoms with Gasteiger partial charge in [-0.2, -0.15) is 0 Å². The highest BCUT2D eigenvalue weighted by molar-refractivity contribution is 5.81. The molecule has 1 amide bonds. The van der Waals surface area contributed by atoms with E-state index in [4.69, 9.17) is 9.47 Å². The molecule has 0 saturated heterocycles. The Hall–Kier alpha value is -0.610. The molecule has 0 aromatic heterocycles. The van der Waals surface area contributed by atoms with E-state index in [1.54, 1.807) is 19.1 Å². The monoisotopic (exact) mass is 217 g/mol. The lowest BCUT2D eigenvalue weighted by atomic mass is 9.95. The van der Waals surface area contributed by atoms with Crippen molar-refractivity contribution in [1.82, 2.24) is 4.90 Å². The summed E-state index contributed by atoms with van der Waals surface area (Å²) in [5, 5.41) is 0. The summed E-state index contributed by atoms with van der Waals surface area (Å²) in [6.07, 6.45) is 0. The molecule has 4 nitrogen and oxygen atoms in total. The summed E-state index contributed by atoms with van der Waals surface area (Å²) in [7, 11) is 3.44. The lowest BCUT2D eigenvalue weighted by Crippen LogP contribution is -2.38. The molecule has 0 fully saturated rings. The van der Waals surface area contributed by atoms with E-state index in [0.29, 0.717) is 26.4 Å². The lowest BCUT2D eigenvalue weighted by molar-refractivity contribution is -0.138. The first kappa shape index (κ1) is 14.4. The summed E-state index contributed by atoms with van der Waals surface area (Å²) in [6, 6.07) is 0. The summed E-state index contributed by atoms with van der Waals surface area (Å²) >= 11 is 0. The Bertz CT molecular complexity index is 187. The molecule has 0 unspecified atom stereocenters. The molecule has 0 spiro atoms. The van der Waals surface area contributed by atoms with E-state index in [2.05, 4.69) is 0 Å². The summed E-state index contributed by atoms with van der Waals surface area (Å²) in [4.78, 5) is 13.4. The predicted octanol–water partition coefficient (Wildman–Crippen LogP) is 1.15. The Balaban J connectivity index is 3.66. The van der Waals surface area contributed by atoms with E-state index in [9.17, 15) is 4.79 Å². The van der Waals surface area contributed by atoms with Crippen LogP contribution in [0.2, 0.25) is 0 Å². The number of carbonyl (C=O) groups excluding carboxylic acids is 1. The van der Waals surface area contributed by atoms with Crippen molar-refractivity contribution in [2.75, 3.05) is 40.5 Å². The molecule has 0 bridgehead atoms. The van der Waals surface area contributed by atoms with Gasteiger partial charge in [-0.1, -0.05) is 20.8 Å². The van der Waals surface area contributed by atoms with Crippen molar-refractivity contribution >= 4 is 5.91 Å². The van der Waals surface area contributed by atoms with Gasteiger partial charge in [0, 0.05) is 26.1 Å². The Morgan fingerprint density at radius 1 is 1.20 bits per heavy atom. The first-order chi connectivity index (χ1) is 6.89. The number of carbonyl (C=O) groups is 1. The molecule has 0 radical (unpaired) electrons. The first-order valence-corrected chi connectivity index (χ1v) is 5.22. The van der Waals surface area contributed by atoms with Crippen LogP contribution in [0, 0.1) is 5.41 Å². The highest BCUT2D eigenvalue weighted by Crippen LogP contribution is 2.15. The van der Waals surface area contributed by atoms with Crippen molar-refractivity contribution in [3.8, 4) is 0 Å². The maximum absolute atomic E-state index is 11.7. The van der Waals surface area contributed by atoms with Crippen molar-refractivity contribution in [2.24, 2.45) is 5.41 Å². The molecule has 0 saturated carbocycles. The second-order valence-electron chi connectivity index (χ2n) is 4.58. The number of methoxy groups -OCH3 is 1. The van der Waals surface area contributed by atoms with Crippen molar-refractivity contribution in [1.29, 1.82) is 0 Å². The average Bonchev–Trinajstić information content (AvgIpc) is 2.14. The van der Waals surface area contributed by atoms with E-state index < -0.39 is 0 Å². The van der Waals surface area contributed by atoms with E-state index >= 15 is 0 Å². The third-order valence-electron chi connectivity index (χ3n) is 1.99. The van der Waals surface area contributed by atoms with Gasteiger partial charge in [-0.3, -0.25) is 4.79 Å². The molecule has 0 aromatic rings. The zero-order valence-electron chi connectivity index (χ0n) is 10.5. The largest absolute Gasteiger partial charge is 0.382 e. The fourth-order valence-electron chi connectivity index (χ4n) is 1.12. The van der Waals surface area contributed by atoms with Crippen LogP contribution < -0.4 is 0 Å². The molecule has 0 aliphatic rings. The fourth-order valence-corrected chi connectivity index (χ4v) is 1.12. The summed E-state index contributed by atoms with van der Waals surface area (Å²) in [5.74, 6) is 0.137. The van der Waals surface area contributed by atoms with Gasteiger partial charge in [-0.25, -0.2) is 0 Å². The van der Waals surface area contributed by atoms with Crippen molar-refractivity contribution in [2.45, 2.75) is 20.8 Å². The minimum Gasteiger partial charge on any atom is -0.382 e. The number of likely N-dealkylation sites (N-methyl/N-ethyl adjacent to an activating group) is 1. The Labute approximate surface area is 92.5 Å². The maximum atomic E-state index is 11.7.